The van der Waals surface area contributed by atoms with Crippen molar-refractivity contribution < 1.29 is 17.9 Å². The molecule has 0 spiro atoms. The number of carbonyl (C=O) groups excluding carboxylic acids is 1. The van der Waals surface area contributed by atoms with Gasteiger partial charge in [-0.15, -0.1) is 0 Å². The normalized spacial score (nSPS) is 18.4. The second kappa shape index (κ2) is 6.11. The van der Waals surface area contributed by atoms with Gasteiger partial charge < -0.3 is 10.1 Å². The predicted octanol–water partition coefficient (Wildman–Crippen LogP) is 1.39. The third-order valence-electron chi connectivity index (χ3n) is 3.10. The maximum Gasteiger partial charge on any atom is 0.261 e. The van der Waals surface area contributed by atoms with E-state index in [0.717, 1.165) is 6.26 Å². The Morgan fingerprint density at radius 3 is 2.86 bits per heavy atom. The molecule has 1 aromatic rings. The molecule has 1 heterocycles. The van der Waals surface area contributed by atoms with Crippen LogP contribution in [0.1, 0.15) is 13.3 Å². The lowest BCUT2D eigenvalue weighted by Crippen LogP contribution is -2.39. The average molecular weight is 333 g/mol. The van der Waals surface area contributed by atoms with Gasteiger partial charge in [0, 0.05) is 24.5 Å². The fourth-order valence-electron chi connectivity index (χ4n) is 2.17. The number of fused-ring (bicyclic) bond motifs is 1. The number of benzene rings is 1. The first-order valence-electron chi connectivity index (χ1n) is 6.54. The van der Waals surface area contributed by atoms with Crippen LogP contribution in [0.3, 0.4) is 0 Å². The van der Waals surface area contributed by atoms with Crippen molar-refractivity contribution in [2.45, 2.75) is 19.4 Å². The van der Waals surface area contributed by atoms with E-state index in [1.54, 1.807) is 12.1 Å². The monoisotopic (exact) mass is 332 g/mol. The van der Waals surface area contributed by atoms with E-state index in [4.69, 9.17) is 16.3 Å². The van der Waals surface area contributed by atoms with E-state index >= 15 is 0 Å². The highest BCUT2D eigenvalue weighted by molar-refractivity contribution is 7.92. The van der Waals surface area contributed by atoms with Crippen molar-refractivity contribution in [2.75, 3.05) is 23.7 Å². The molecule has 1 amide bonds. The number of amides is 1. The van der Waals surface area contributed by atoms with Crippen LogP contribution in [-0.4, -0.2) is 39.8 Å². The number of halogens is 1. The second-order valence-electron chi connectivity index (χ2n) is 4.74. The Morgan fingerprint density at radius 1 is 1.52 bits per heavy atom. The van der Waals surface area contributed by atoms with Crippen LogP contribution < -0.4 is 14.4 Å². The third-order valence-corrected chi connectivity index (χ3v) is 4.51. The minimum atomic E-state index is -3.48. The van der Waals surface area contributed by atoms with Crippen LogP contribution in [0.15, 0.2) is 18.2 Å². The van der Waals surface area contributed by atoms with Crippen molar-refractivity contribution in [3.63, 3.8) is 0 Å². The highest BCUT2D eigenvalue weighted by atomic mass is 35.5. The Labute approximate surface area is 129 Å². The Balaban J connectivity index is 2.42. The molecule has 1 aliphatic rings. The lowest BCUT2D eigenvalue weighted by Gasteiger charge is -2.21. The van der Waals surface area contributed by atoms with Gasteiger partial charge in [0.15, 0.2) is 6.10 Å². The Morgan fingerprint density at radius 2 is 2.24 bits per heavy atom. The van der Waals surface area contributed by atoms with E-state index in [9.17, 15) is 13.2 Å². The van der Waals surface area contributed by atoms with Gasteiger partial charge in [0.25, 0.3) is 5.91 Å². The van der Waals surface area contributed by atoms with Gasteiger partial charge in [-0.25, -0.2) is 8.42 Å². The van der Waals surface area contributed by atoms with E-state index < -0.39 is 16.1 Å². The van der Waals surface area contributed by atoms with Crippen molar-refractivity contribution in [2.24, 2.45) is 0 Å². The van der Waals surface area contributed by atoms with Crippen LogP contribution in [-0.2, 0) is 14.8 Å². The lowest BCUT2D eigenvalue weighted by molar-refractivity contribution is -0.127. The van der Waals surface area contributed by atoms with Gasteiger partial charge in [0.2, 0.25) is 10.0 Å². The summed E-state index contributed by atoms with van der Waals surface area (Å²) < 4.78 is 30.8. The van der Waals surface area contributed by atoms with Gasteiger partial charge in [-0.3, -0.25) is 9.10 Å². The summed E-state index contributed by atoms with van der Waals surface area (Å²) in [7, 11) is -3.48. The predicted molar refractivity (Wildman–Crippen MR) is 81.4 cm³/mol. The number of hydrogen-bond donors (Lipinski definition) is 1. The molecule has 116 valence electrons. The van der Waals surface area contributed by atoms with Crippen LogP contribution >= 0.6 is 11.6 Å². The summed E-state index contributed by atoms with van der Waals surface area (Å²) >= 11 is 5.94. The fraction of sp³-hybridized carbons (Fsp3) is 0.462. The first kappa shape index (κ1) is 15.9. The highest BCUT2D eigenvalue weighted by Crippen LogP contribution is 2.36. The van der Waals surface area contributed by atoms with Gasteiger partial charge in [-0.1, -0.05) is 11.6 Å². The maximum absolute atomic E-state index is 12.0. The maximum atomic E-state index is 12.0. The number of nitrogens with zero attached hydrogens (tertiary/aromatic N) is 1. The van der Waals surface area contributed by atoms with Crippen molar-refractivity contribution in [3.8, 4) is 5.75 Å². The first-order valence-corrected chi connectivity index (χ1v) is 8.77. The van der Waals surface area contributed by atoms with Gasteiger partial charge >= 0.3 is 0 Å². The summed E-state index contributed by atoms with van der Waals surface area (Å²) in [6, 6.07) is 4.70. The molecule has 0 bridgehead atoms. The van der Waals surface area contributed by atoms with Crippen molar-refractivity contribution >= 4 is 33.2 Å². The number of sulfonamides is 1. The van der Waals surface area contributed by atoms with E-state index in [-0.39, 0.29) is 18.9 Å². The number of anilines is 1. The summed E-state index contributed by atoms with van der Waals surface area (Å²) in [6.45, 7) is 2.46. The largest absolute Gasteiger partial charge is 0.478 e. The van der Waals surface area contributed by atoms with E-state index in [0.29, 0.717) is 23.0 Å². The Bertz CT molecular complexity index is 648. The number of nitrogens with one attached hydrogen (secondary N) is 1. The van der Waals surface area contributed by atoms with Crippen molar-refractivity contribution in [1.82, 2.24) is 5.32 Å². The van der Waals surface area contributed by atoms with Crippen molar-refractivity contribution in [3.05, 3.63) is 23.2 Å². The minimum Gasteiger partial charge on any atom is -0.478 e. The van der Waals surface area contributed by atoms with E-state index in [1.165, 1.54) is 10.4 Å². The molecule has 0 radical (unpaired) electrons. The Kier molecular flexibility index (Phi) is 4.63. The zero-order valence-electron chi connectivity index (χ0n) is 11.8. The molecule has 1 N–H and O–H groups in total. The minimum absolute atomic E-state index is 0.161. The molecule has 0 unspecified atom stereocenters. The number of carbonyl (C=O) groups is 1. The van der Waals surface area contributed by atoms with Crippen LogP contribution in [0.2, 0.25) is 5.02 Å². The topological polar surface area (TPSA) is 75.7 Å². The molecule has 0 aromatic heterocycles. The van der Waals surface area contributed by atoms with Gasteiger partial charge in [0.05, 0.1) is 11.9 Å². The fourth-order valence-corrected chi connectivity index (χ4v) is 3.27. The van der Waals surface area contributed by atoms with E-state index in [1.807, 2.05) is 6.92 Å². The smallest absolute Gasteiger partial charge is 0.261 e. The summed E-state index contributed by atoms with van der Waals surface area (Å²) in [6.07, 6.45) is 0.659. The number of hydrogen-bond acceptors (Lipinski definition) is 4. The highest BCUT2D eigenvalue weighted by Gasteiger charge is 2.31. The quantitative estimate of drug-likeness (QED) is 0.907. The lowest BCUT2D eigenvalue weighted by atomic mass is 10.2. The summed E-state index contributed by atoms with van der Waals surface area (Å²) in [5.74, 6) is 0.0762. The molecule has 1 aliphatic heterocycles. The molecule has 0 aliphatic carbocycles. The molecule has 0 saturated heterocycles. The molecule has 1 atom stereocenters. The van der Waals surface area contributed by atoms with Gasteiger partial charge in [-0.2, -0.15) is 0 Å². The molecule has 6 nitrogen and oxygen atoms in total. The second-order valence-corrected chi connectivity index (χ2v) is 7.08. The molecule has 8 heteroatoms. The third kappa shape index (κ3) is 3.59. The van der Waals surface area contributed by atoms with Gasteiger partial charge in [0.1, 0.15) is 5.75 Å². The molecule has 1 aromatic carbocycles. The van der Waals surface area contributed by atoms with Gasteiger partial charge in [-0.05, 0) is 25.1 Å². The number of likely N-dealkylation sites (N-methyl/N-ethyl adjacent to an activating group) is 1. The average Bonchev–Trinajstić information content (AvgIpc) is 2.57. The number of rotatable bonds is 3. The summed E-state index contributed by atoms with van der Waals surface area (Å²) in [4.78, 5) is 12.0. The molecular weight excluding hydrogens is 316 g/mol. The molecule has 2 rings (SSSR count). The number of ether oxygens (including phenoxy) is 1. The van der Waals surface area contributed by atoms with Crippen LogP contribution in [0.4, 0.5) is 5.69 Å². The SMILES string of the molecule is CCNC(=O)[C@H]1CCN(S(C)(=O)=O)c2cc(Cl)ccc2O1. The first-order chi connectivity index (χ1) is 9.82. The van der Waals surface area contributed by atoms with Crippen LogP contribution in [0, 0.1) is 0 Å². The molecule has 21 heavy (non-hydrogen) atoms. The Hall–Kier alpha value is -1.47. The molecule has 0 fully saturated rings. The summed E-state index contributed by atoms with van der Waals surface area (Å²) in [5, 5.41) is 3.09. The summed E-state index contributed by atoms with van der Waals surface area (Å²) in [5.41, 5.74) is 0.358. The molecule has 0 saturated carbocycles. The zero-order valence-corrected chi connectivity index (χ0v) is 13.4. The van der Waals surface area contributed by atoms with Crippen molar-refractivity contribution in [1.29, 1.82) is 0 Å². The zero-order chi connectivity index (χ0) is 15.6. The van der Waals surface area contributed by atoms with E-state index in [2.05, 4.69) is 5.32 Å². The van der Waals surface area contributed by atoms with Crippen LogP contribution in [0.5, 0.6) is 5.75 Å². The molecular formula is C13H17ClN2O4S. The van der Waals surface area contributed by atoms with Crippen LogP contribution in [0.25, 0.3) is 0 Å². The standard InChI is InChI=1S/C13H17ClN2O4S/c1-3-15-13(17)12-6-7-16(21(2,18)19)10-8-9(14)4-5-11(10)20-12/h4-5,8,12H,3,6-7H2,1-2H3,(H,15,17)/t12-/m1/s1.